The molecule has 0 fully saturated rings. The van der Waals surface area contributed by atoms with Crippen molar-refractivity contribution in [3.8, 4) is 17.1 Å². The van der Waals surface area contributed by atoms with Crippen LogP contribution in [0.3, 0.4) is 0 Å². The summed E-state index contributed by atoms with van der Waals surface area (Å²) >= 11 is 1.59. The number of ether oxygens (including phenoxy) is 1. The summed E-state index contributed by atoms with van der Waals surface area (Å²) in [6.07, 6.45) is 5.58. The van der Waals surface area contributed by atoms with E-state index < -0.39 is 0 Å². The molecule has 0 saturated heterocycles. The predicted molar refractivity (Wildman–Crippen MR) is 131 cm³/mol. The number of thiazole rings is 1. The summed E-state index contributed by atoms with van der Waals surface area (Å²) in [7, 11) is 1.74. The minimum absolute atomic E-state index is 0.715. The second-order valence-corrected chi connectivity index (χ2v) is 8.42. The summed E-state index contributed by atoms with van der Waals surface area (Å²) < 4.78 is 7.14. The number of pyridine rings is 1. The molecule has 0 unspecified atom stereocenters. The molecule has 7 nitrogen and oxygen atoms in total. The van der Waals surface area contributed by atoms with Crippen LogP contribution in [0.25, 0.3) is 17.1 Å². The van der Waals surface area contributed by atoms with Crippen molar-refractivity contribution in [3.05, 3.63) is 65.7 Å². The Bertz CT molecular complexity index is 1170. The molecule has 0 aliphatic rings. The molecule has 0 saturated carbocycles. The molecular weight excluding hydrogens is 420 g/mol. The van der Waals surface area contributed by atoms with Gasteiger partial charge in [-0.15, -0.1) is 11.3 Å². The van der Waals surface area contributed by atoms with E-state index in [-0.39, 0.29) is 0 Å². The molecule has 0 atom stereocenters. The van der Waals surface area contributed by atoms with Crippen LogP contribution in [0, 0.1) is 13.8 Å². The fourth-order valence-electron chi connectivity index (χ4n) is 3.47. The van der Waals surface area contributed by atoms with Gasteiger partial charge in [0.15, 0.2) is 5.13 Å². The van der Waals surface area contributed by atoms with E-state index >= 15 is 0 Å². The van der Waals surface area contributed by atoms with E-state index in [2.05, 4.69) is 52.2 Å². The fraction of sp³-hybridized carbons (Fsp3) is 0.292. The number of likely N-dealkylation sites (N-methyl/N-ethyl adjacent to an activating group) is 1. The third-order valence-corrected chi connectivity index (χ3v) is 6.05. The highest BCUT2D eigenvalue weighted by Crippen LogP contribution is 2.30. The molecule has 8 heteroatoms. The predicted octanol–water partition coefficient (Wildman–Crippen LogP) is 5.22. The number of rotatable bonds is 9. The lowest BCUT2D eigenvalue weighted by molar-refractivity contribution is 0.205. The monoisotopic (exact) mass is 448 g/mol. The van der Waals surface area contributed by atoms with E-state index in [4.69, 9.17) is 9.72 Å². The van der Waals surface area contributed by atoms with E-state index in [1.807, 2.05) is 41.4 Å². The number of imidazole rings is 1. The number of methoxy groups -OCH3 is 1. The van der Waals surface area contributed by atoms with Gasteiger partial charge in [0.1, 0.15) is 12.1 Å². The van der Waals surface area contributed by atoms with E-state index in [9.17, 15) is 0 Å². The van der Waals surface area contributed by atoms with Gasteiger partial charge < -0.3 is 15.0 Å². The van der Waals surface area contributed by atoms with Gasteiger partial charge in [-0.2, -0.15) is 0 Å². The maximum atomic E-state index is 5.23. The molecule has 1 N–H and O–H groups in total. The van der Waals surface area contributed by atoms with Crippen LogP contribution in [0.4, 0.5) is 16.5 Å². The minimum atomic E-state index is 0.715. The number of hydrogen-bond acceptors (Lipinski definition) is 7. The van der Waals surface area contributed by atoms with Crippen molar-refractivity contribution in [3.63, 3.8) is 0 Å². The van der Waals surface area contributed by atoms with E-state index in [0.717, 1.165) is 46.7 Å². The fourth-order valence-corrected chi connectivity index (χ4v) is 4.20. The number of hydrogen-bond donors (Lipinski definition) is 1. The van der Waals surface area contributed by atoms with Gasteiger partial charge in [-0.05, 0) is 56.7 Å². The van der Waals surface area contributed by atoms with Gasteiger partial charge in [0.25, 0.3) is 0 Å². The van der Waals surface area contributed by atoms with Gasteiger partial charge in [0.05, 0.1) is 18.0 Å². The number of aryl methyl sites for hydroxylation is 2. The van der Waals surface area contributed by atoms with Gasteiger partial charge in [0.2, 0.25) is 0 Å². The lowest BCUT2D eigenvalue weighted by Gasteiger charge is -2.23. The van der Waals surface area contributed by atoms with Crippen molar-refractivity contribution in [1.82, 2.24) is 19.5 Å². The number of nitrogens with one attached hydrogen (secondary N) is 1. The zero-order valence-corrected chi connectivity index (χ0v) is 19.7. The first-order valence-electron chi connectivity index (χ1n) is 10.6. The van der Waals surface area contributed by atoms with Crippen molar-refractivity contribution in [2.24, 2.45) is 0 Å². The van der Waals surface area contributed by atoms with Crippen LogP contribution in [0.15, 0.2) is 54.4 Å². The van der Waals surface area contributed by atoms with Crippen molar-refractivity contribution in [1.29, 1.82) is 0 Å². The highest BCUT2D eigenvalue weighted by Gasteiger charge is 2.10. The molecule has 0 amide bonds. The van der Waals surface area contributed by atoms with E-state index in [1.54, 1.807) is 24.8 Å². The summed E-state index contributed by atoms with van der Waals surface area (Å²) in [5, 5.41) is 6.37. The number of aromatic nitrogens is 4. The topological polar surface area (TPSA) is 68.1 Å². The van der Waals surface area contributed by atoms with Crippen molar-refractivity contribution in [2.75, 3.05) is 37.0 Å². The summed E-state index contributed by atoms with van der Waals surface area (Å²) in [6, 6.07) is 10.5. The molecular formula is C24H28N6OS. The van der Waals surface area contributed by atoms with Crippen LogP contribution in [-0.2, 0) is 4.74 Å². The van der Waals surface area contributed by atoms with Crippen LogP contribution < -0.4 is 10.2 Å². The number of benzene rings is 1. The lowest BCUT2D eigenvalue weighted by Crippen LogP contribution is -2.26. The summed E-state index contributed by atoms with van der Waals surface area (Å²) in [5.74, 6) is 0.838. The average molecular weight is 449 g/mol. The molecule has 166 valence electrons. The smallest absolute Gasteiger partial charge is 0.187 e. The van der Waals surface area contributed by atoms with Crippen LogP contribution in [0.5, 0.6) is 0 Å². The van der Waals surface area contributed by atoms with E-state index in [1.165, 1.54) is 11.3 Å². The molecule has 1 aromatic carbocycles. The molecule has 3 aromatic heterocycles. The largest absolute Gasteiger partial charge is 0.383 e. The van der Waals surface area contributed by atoms with Gasteiger partial charge >= 0.3 is 0 Å². The second-order valence-electron chi connectivity index (χ2n) is 7.56. The summed E-state index contributed by atoms with van der Waals surface area (Å²) in [6.45, 7) is 8.77. The zero-order chi connectivity index (χ0) is 22.5. The Balaban J connectivity index is 1.46. The first-order valence-corrected chi connectivity index (χ1v) is 11.5. The SMILES string of the molecule is CCN(CCOC)c1ccc(Nc2nc(-c3ccc(-n4cnc(C)c4)nc3)cs2)c(C)c1. The summed E-state index contributed by atoms with van der Waals surface area (Å²) in [5.41, 5.74) is 6.29. The Morgan fingerprint density at radius 1 is 1.16 bits per heavy atom. The van der Waals surface area contributed by atoms with Crippen molar-refractivity contribution in [2.45, 2.75) is 20.8 Å². The molecule has 32 heavy (non-hydrogen) atoms. The van der Waals surface area contributed by atoms with Gasteiger partial charge in [0, 0.05) is 54.9 Å². The summed E-state index contributed by atoms with van der Waals surface area (Å²) in [4.78, 5) is 15.9. The molecule has 0 aliphatic heterocycles. The molecule has 0 radical (unpaired) electrons. The Kier molecular flexibility index (Phi) is 6.82. The zero-order valence-electron chi connectivity index (χ0n) is 18.9. The first kappa shape index (κ1) is 22.0. The van der Waals surface area contributed by atoms with Crippen molar-refractivity contribution >= 4 is 27.8 Å². The quantitative estimate of drug-likeness (QED) is 0.378. The van der Waals surface area contributed by atoms with Crippen LogP contribution in [0.2, 0.25) is 0 Å². The third-order valence-electron chi connectivity index (χ3n) is 5.29. The first-order chi connectivity index (χ1) is 15.6. The van der Waals surface area contributed by atoms with E-state index in [0.29, 0.717) is 6.61 Å². The van der Waals surface area contributed by atoms with Crippen LogP contribution >= 0.6 is 11.3 Å². The molecule has 3 heterocycles. The molecule has 0 aliphatic carbocycles. The van der Waals surface area contributed by atoms with Crippen molar-refractivity contribution < 1.29 is 4.74 Å². The van der Waals surface area contributed by atoms with Gasteiger partial charge in [-0.3, -0.25) is 4.57 Å². The molecule has 4 aromatic rings. The Morgan fingerprint density at radius 3 is 2.69 bits per heavy atom. The Morgan fingerprint density at radius 2 is 2.03 bits per heavy atom. The highest BCUT2D eigenvalue weighted by molar-refractivity contribution is 7.14. The maximum Gasteiger partial charge on any atom is 0.187 e. The second kappa shape index (κ2) is 9.93. The number of nitrogens with zero attached hydrogens (tertiary/aromatic N) is 5. The maximum absolute atomic E-state index is 5.23. The molecule has 0 bridgehead atoms. The van der Waals surface area contributed by atoms with Gasteiger partial charge in [-0.1, -0.05) is 0 Å². The Hall–Kier alpha value is -3.23. The van der Waals surface area contributed by atoms with Gasteiger partial charge in [-0.25, -0.2) is 15.0 Å². The average Bonchev–Trinajstić information content (AvgIpc) is 3.45. The standard InChI is InChI=1S/C24H28N6OS/c1-5-29(10-11-31-4)20-7-8-21(17(2)12-20)27-24-28-22(15-32-24)19-6-9-23(25-13-19)30-14-18(3)26-16-30/h6-9,12-16H,5,10-11H2,1-4H3,(H,27,28). The minimum Gasteiger partial charge on any atom is -0.383 e. The normalized spacial score (nSPS) is 11.0. The molecule has 4 rings (SSSR count). The van der Waals surface area contributed by atoms with Crippen LogP contribution in [0.1, 0.15) is 18.2 Å². The molecule has 0 spiro atoms. The highest BCUT2D eigenvalue weighted by atomic mass is 32.1. The Labute approximate surface area is 192 Å². The lowest BCUT2D eigenvalue weighted by atomic mass is 10.1. The number of anilines is 3. The third kappa shape index (κ3) is 4.98. The van der Waals surface area contributed by atoms with Crippen LogP contribution in [-0.4, -0.2) is 46.3 Å².